The fourth-order valence-corrected chi connectivity index (χ4v) is 2.63. The molecule has 0 atom stereocenters. The van der Waals surface area contributed by atoms with Crippen LogP contribution in [0, 0.1) is 19.3 Å². The van der Waals surface area contributed by atoms with E-state index >= 15 is 0 Å². The lowest BCUT2D eigenvalue weighted by Gasteiger charge is -2.20. The topological polar surface area (TPSA) is 32.3 Å². The molecule has 0 aliphatic heterocycles. The second-order valence-corrected chi connectivity index (χ2v) is 6.69. The maximum absolute atomic E-state index is 13.4. The molecule has 29 heavy (non-hydrogen) atoms. The summed E-state index contributed by atoms with van der Waals surface area (Å²) in [5.41, 5.74) is 1.85. The molecule has 2 aromatic carbocycles. The first-order valence-corrected chi connectivity index (χ1v) is 8.72. The number of carbonyl (C=O) groups is 1. The Balaban J connectivity index is 2.47. The Morgan fingerprint density at radius 1 is 1.21 bits per heavy atom. The highest BCUT2D eigenvalue weighted by Crippen LogP contribution is 2.35. The highest BCUT2D eigenvalue weighted by Gasteiger charge is 2.31. The zero-order chi connectivity index (χ0) is 21.8. The molecule has 0 bridgehead atoms. The van der Waals surface area contributed by atoms with Crippen LogP contribution in [0.4, 0.5) is 24.5 Å². The highest BCUT2D eigenvalue weighted by molar-refractivity contribution is 6.04. The number of rotatable bonds is 5. The summed E-state index contributed by atoms with van der Waals surface area (Å²) in [6.07, 6.45) is 3.89. The van der Waals surface area contributed by atoms with Crippen molar-refractivity contribution in [1.29, 1.82) is 0 Å². The van der Waals surface area contributed by atoms with E-state index in [0.29, 0.717) is 5.56 Å². The lowest BCUT2D eigenvalue weighted by molar-refractivity contribution is -0.137. The predicted molar refractivity (Wildman–Crippen MR) is 111 cm³/mol. The molecule has 2 aromatic rings. The van der Waals surface area contributed by atoms with Gasteiger partial charge in [0.1, 0.15) is 0 Å². The molecule has 0 fully saturated rings. The molecular formula is C23H21F3N2O. The van der Waals surface area contributed by atoms with Crippen LogP contribution in [0.3, 0.4) is 0 Å². The van der Waals surface area contributed by atoms with Gasteiger partial charge in [-0.3, -0.25) is 4.79 Å². The van der Waals surface area contributed by atoms with Gasteiger partial charge in [0.2, 0.25) is 0 Å². The van der Waals surface area contributed by atoms with E-state index in [1.54, 1.807) is 18.3 Å². The Bertz CT molecular complexity index is 1010. The minimum absolute atomic E-state index is 0.0108. The first kappa shape index (κ1) is 21.8. The maximum atomic E-state index is 13.4. The number of aryl methyl sites for hydroxylation is 1. The number of nitrogens with zero attached hydrogens (tertiary/aromatic N) is 1. The molecule has 1 amide bonds. The maximum Gasteiger partial charge on any atom is 0.416 e. The Morgan fingerprint density at radius 2 is 1.90 bits per heavy atom. The molecule has 0 heterocycles. The molecule has 150 valence electrons. The quantitative estimate of drug-likeness (QED) is 0.615. The minimum atomic E-state index is -4.58. The molecule has 0 radical (unpaired) electrons. The van der Waals surface area contributed by atoms with Gasteiger partial charge in [0.25, 0.3) is 5.91 Å². The van der Waals surface area contributed by atoms with E-state index in [2.05, 4.69) is 17.8 Å². The molecule has 0 spiro atoms. The number of halogens is 3. The van der Waals surface area contributed by atoms with E-state index in [-0.39, 0.29) is 16.9 Å². The molecule has 0 aliphatic carbocycles. The fraction of sp³-hybridized carbons (Fsp3) is 0.174. The van der Waals surface area contributed by atoms with Crippen LogP contribution in [0.1, 0.15) is 40.9 Å². The molecular weight excluding hydrogens is 377 g/mol. The van der Waals surface area contributed by atoms with Crippen LogP contribution in [-0.4, -0.2) is 5.91 Å². The molecule has 0 saturated heterocycles. The molecule has 6 heteroatoms. The largest absolute Gasteiger partial charge is 0.416 e. The third-order valence-corrected chi connectivity index (χ3v) is 4.05. The minimum Gasteiger partial charge on any atom is -0.324 e. The van der Waals surface area contributed by atoms with E-state index < -0.39 is 17.6 Å². The first-order valence-electron chi connectivity index (χ1n) is 8.72. The second kappa shape index (κ2) is 8.70. The second-order valence-electron chi connectivity index (χ2n) is 6.69. The van der Waals surface area contributed by atoms with E-state index in [1.165, 1.54) is 23.2 Å². The first-order chi connectivity index (χ1) is 13.5. The van der Waals surface area contributed by atoms with E-state index in [1.807, 2.05) is 20.8 Å². The summed E-state index contributed by atoms with van der Waals surface area (Å²) in [5, 5.41) is 2.52. The molecule has 0 aromatic heterocycles. The average molecular weight is 398 g/mol. The van der Waals surface area contributed by atoms with Gasteiger partial charge >= 0.3 is 6.18 Å². The number of hydrogen-bond acceptors (Lipinski definition) is 2. The molecule has 3 nitrogen and oxygen atoms in total. The molecule has 1 N–H and O–H groups in total. The summed E-state index contributed by atoms with van der Waals surface area (Å²) < 4.78 is 40.2. The van der Waals surface area contributed by atoms with Gasteiger partial charge in [-0.15, -0.1) is 6.42 Å². The number of anilines is 2. The third-order valence-electron chi connectivity index (χ3n) is 4.05. The molecule has 0 unspecified atom stereocenters. The van der Waals surface area contributed by atoms with Crippen LogP contribution in [0.15, 0.2) is 61.0 Å². The normalized spacial score (nSPS) is 10.7. The Kier molecular flexibility index (Phi) is 6.55. The van der Waals surface area contributed by atoms with Crippen LogP contribution >= 0.6 is 0 Å². The molecule has 0 saturated carbocycles. The highest BCUT2D eigenvalue weighted by atomic mass is 19.4. The zero-order valence-corrected chi connectivity index (χ0v) is 16.4. The van der Waals surface area contributed by atoms with Crippen molar-refractivity contribution < 1.29 is 18.0 Å². The van der Waals surface area contributed by atoms with Crippen molar-refractivity contribution in [2.24, 2.45) is 0 Å². The van der Waals surface area contributed by atoms with Crippen molar-refractivity contribution in [1.82, 2.24) is 0 Å². The van der Waals surface area contributed by atoms with Crippen molar-refractivity contribution in [2.75, 3.05) is 10.2 Å². The van der Waals surface area contributed by atoms with Crippen LogP contribution in [-0.2, 0) is 6.18 Å². The van der Waals surface area contributed by atoms with Crippen molar-refractivity contribution in [3.8, 4) is 12.3 Å². The van der Waals surface area contributed by atoms with Crippen LogP contribution in [0.2, 0.25) is 0 Å². The van der Waals surface area contributed by atoms with Gasteiger partial charge in [-0.2, -0.15) is 13.2 Å². The summed E-state index contributed by atoms with van der Waals surface area (Å²) in [4.78, 5) is 14.0. The van der Waals surface area contributed by atoms with Crippen molar-refractivity contribution in [3.05, 3.63) is 83.2 Å². The summed E-state index contributed by atoms with van der Waals surface area (Å²) in [5.74, 6) is 1.92. The summed E-state index contributed by atoms with van der Waals surface area (Å²) in [6, 6.07) is 8.12. The Morgan fingerprint density at radius 3 is 2.45 bits per heavy atom. The lowest BCUT2D eigenvalue weighted by atomic mass is 10.0. The van der Waals surface area contributed by atoms with Gasteiger partial charge in [0.05, 0.1) is 5.56 Å². The van der Waals surface area contributed by atoms with Gasteiger partial charge in [0.15, 0.2) is 0 Å². The summed E-state index contributed by atoms with van der Waals surface area (Å²) >= 11 is 0. The monoisotopic (exact) mass is 398 g/mol. The van der Waals surface area contributed by atoms with E-state index in [0.717, 1.165) is 23.3 Å². The smallest absolute Gasteiger partial charge is 0.324 e. The SMILES string of the molecule is C#Cc1cc(C(=O)Nc2cc(N(C=C)C=C(C)C)cc(C(F)(F)F)c2)ccc1C. The number of alkyl halides is 3. The fourth-order valence-electron chi connectivity index (χ4n) is 2.63. The average Bonchev–Trinajstić information content (AvgIpc) is 2.65. The third kappa shape index (κ3) is 5.52. The van der Waals surface area contributed by atoms with Gasteiger partial charge in [-0.1, -0.05) is 24.1 Å². The number of benzene rings is 2. The Labute approximate surface area is 168 Å². The molecule has 2 rings (SSSR count). The predicted octanol–water partition coefficient (Wildman–Crippen LogP) is 6.12. The molecule has 0 aliphatic rings. The zero-order valence-electron chi connectivity index (χ0n) is 16.4. The van der Waals surface area contributed by atoms with Crippen LogP contribution < -0.4 is 10.2 Å². The number of hydrogen-bond donors (Lipinski definition) is 1. The van der Waals surface area contributed by atoms with Gasteiger partial charge < -0.3 is 10.2 Å². The van der Waals surface area contributed by atoms with Gasteiger partial charge in [0, 0.05) is 34.9 Å². The van der Waals surface area contributed by atoms with Crippen molar-refractivity contribution >= 4 is 17.3 Å². The number of terminal acetylenes is 1. The van der Waals surface area contributed by atoms with Crippen molar-refractivity contribution in [2.45, 2.75) is 26.9 Å². The number of allylic oxidation sites excluding steroid dienone is 1. The van der Waals surface area contributed by atoms with Crippen LogP contribution in [0.25, 0.3) is 0 Å². The van der Waals surface area contributed by atoms with Crippen LogP contribution in [0.5, 0.6) is 0 Å². The van der Waals surface area contributed by atoms with Crippen molar-refractivity contribution in [3.63, 3.8) is 0 Å². The van der Waals surface area contributed by atoms with Gasteiger partial charge in [-0.05, 0) is 56.7 Å². The summed E-state index contributed by atoms with van der Waals surface area (Å²) in [6.45, 7) is 9.08. The van der Waals surface area contributed by atoms with Gasteiger partial charge in [-0.25, -0.2) is 0 Å². The van der Waals surface area contributed by atoms with E-state index in [9.17, 15) is 18.0 Å². The lowest BCUT2D eigenvalue weighted by Crippen LogP contribution is -2.15. The summed E-state index contributed by atoms with van der Waals surface area (Å²) in [7, 11) is 0. The number of carbonyl (C=O) groups excluding carboxylic acids is 1. The standard InChI is InChI=1S/C23H21F3N2O/c1-6-17-10-18(9-8-16(17)5)22(29)27-20-11-19(23(24,25)26)12-21(13-20)28(7-2)14-15(3)4/h1,7-14H,2H2,3-5H3,(H,27,29). The van der Waals surface area contributed by atoms with E-state index in [4.69, 9.17) is 6.42 Å². The number of nitrogens with one attached hydrogen (secondary N) is 1. The number of amides is 1. The Hall–Kier alpha value is -3.46.